The van der Waals surface area contributed by atoms with Crippen molar-refractivity contribution in [2.24, 2.45) is 0 Å². The highest BCUT2D eigenvalue weighted by Gasteiger charge is 2.83. The predicted octanol–water partition coefficient (Wildman–Crippen LogP) is 3.21. The Labute approximate surface area is 111 Å². The van der Waals surface area contributed by atoms with Crippen molar-refractivity contribution in [3.8, 4) is 0 Å². The molecule has 0 atom stereocenters. The molecule has 0 unspecified atom stereocenters. The summed E-state index contributed by atoms with van der Waals surface area (Å²) in [4.78, 5) is 1.70. The maximum Gasteiger partial charge on any atom is 0.525 e. The van der Waals surface area contributed by atoms with Gasteiger partial charge in [-0.3, -0.25) is 0 Å². The lowest BCUT2D eigenvalue weighted by Crippen LogP contribution is -2.61. The minimum Gasteiger partial charge on any atom is -0.189 e. The molecule has 0 amide bonds. The molecule has 0 aromatic rings. The number of hydrogen-bond donors (Lipinski definition) is 0. The molecule has 0 aliphatic rings. The van der Waals surface area contributed by atoms with Crippen molar-refractivity contribution >= 4 is 10.1 Å². The van der Waals surface area contributed by atoms with Crippen molar-refractivity contribution in [3.05, 3.63) is 0 Å². The van der Waals surface area contributed by atoms with Crippen LogP contribution in [0.25, 0.3) is 0 Å². The number of alkyl halides is 12. The van der Waals surface area contributed by atoms with Gasteiger partial charge in [0.2, 0.25) is 0 Å². The highest BCUT2D eigenvalue weighted by atomic mass is 32.2. The quantitative estimate of drug-likeness (QED) is 0.316. The second-order valence-corrected chi connectivity index (χ2v) is 4.72. The fourth-order valence-electron chi connectivity index (χ4n) is 0.539. The van der Waals surface area contributed by atoms with Crippen LogP contribution in [0.1, 0.15) is 0 Å². The Kier molecular flexibility index (Phi) is 5.06. The first-order valence-electron chi connectivity index (χ1n) is 4.09. The zero-order valence-electron chi connectivity index (χ0n) is 9.08. The molecule has 0 heterocycles. The zero-order chi connectivity index (χ0) is 18.4. The fourth-order valence-corrected chi connectivity index (χ4v) is 0.791. The summed E-state index contributed by atoms with van der Waals surface area (Å²) in [6.45, 7) is 0. The van der Waals surface area contributed by atoms with E-state index in [2.05, 4.69) is 0 Å². The number of halogens is 12. The van der Waals surface area contributed by atoms with Crippen LogP contribution in [0.15, 0.2) is 0 Å². The summed E-state index contributed by atoms with van der Waals surface area (Å²) < 4.78 is 165. The van der Waals surface area contributed by atoms with Gasteiger partial charge in [-0.05, 0) is 0 Å². The summed E-state index contributed by atoms with van der Waals surface area (Å²) in [6, 6.07) is 0. The van der Waals surface area contributed by atoms with E-state index in [1.54, 1.807) is 4.89 Å². The SMILES string of the molecule is O=S(=O)(OOC(F)(F)C(F)(F)C(F)(F)C(F)(F)F)C(F)(F)F. The lowest BCUT2D eigenvalue weighted by molar-refractivity contribution is -0.496. The molecular weight excluding hydrogens is 384 g/mol. The van der Waals surface area contributed by atoms with Gasteiger partial charge < -0.3 is 0 Å². The van der Waals surface area contributed by atoms with E-state index in [0.717, 1.165) is 0 Å². The van der Waals surface area contributed by atoms with Crippen LogP contribution >= 0.6 is 0 Å². The summed E-state index contributed by atoms with van der Waals surface area (Å²) in [5, 5.41) is 0. The number of hydrogen-bond acceptors (Lipinski definition) is 4. The standard InChI is InChI=1S/C5F12O4S/c6-1(7,3(10,11)12)2(8,9)4(13,14)20-21-22(18,19)5(15,16)17. The van der Waals surface area contributed by atoms with Crippen LogP contribution in [0.3, 0.4) is 0 Å². The average Bonchev–Trinajstić information content (AvgIpc) is 2.23. The van der Waals surface area contributed by atoms with Crippen LogP contribution in [-0.2, 0) is 19.3 Å². The second kappa shape index (κ2) is 5.29. The molecule has 134 valence electrons. The van der Waals surface area contributed by atoms with Crippen LogP contribution in [0.2, 0.25) is 0 Å². The Morgan fingerprint density at radius 1 is 0.636 bits per heavy atom. The van der Waals surface area contributed by atoms with Crippen LogP contribution in [0, 0.1) is 0 Å². The van der Waals surface area contributed by atoms with Gasteiger partial charge in [0.25, 0.3) is 0 Å². The molecule has 4 nitrogen and oxygen atoms in total. The molecule has 0 spiro atoms. The van der Waals surface area contributed by atoms with Gasteiger partial charge >= 0.3 is 39.8 Å². The fraction of sp³-hybridized carbons (Fsp3) is 1.00. The van der Waals surface area contributed by atoms with E-state index in [1.807, 2.05) is 4.33 Å². The molecule has 0 bridgehead atoms. The predicted molar refractivity (Wildman–Crippen MR) is 38.0 cm³/mol. The van der Waals surface area contributed by atoms with Crippen LogP contribution in [0.5, 0.6) is 0 Å². The third-order valence-electron chi connectivity index (χ3n) is 1.63. The van der Waals surface area contributed by atoms with Gasteiger partial charge in [-0.1, -0.05) is 4.33 Å². The topological polar surface area (TPSA) is 52.6 Å². The highest BCUT2D eigenvalue weighted by Crippen LogP contribution is 2.53. The first kappa shape index (κ1) is 21.0. The molecule has 0 saturated heterocycles. The molecule has 0 N–H and O–H groups in total. The lowest BCUT2D eigenvalue weighted by Gasteiger charge is -2.31. The van der Waals surface area contributed by atoms with Crippen LogP contribution in [0.4, 0.5) is 52.7 Å². The van der Waals surface area contributed by atoms with E-state index in [4.69, 9.17) is 0 Å². The van der Waals surface area contributed by atoms with Gasteiger partial charge in [0.15, 0.2) is 0 Å². The molecular formula is C5F12O4S. The van der Waals surface area contributed by atoms with Gasteiger partial charge in [0.05, 0.1) is 0 Å². The molecule has 17 heteroatoms. The smallest absolute Gasteiger partial charge is 0.189 e. The number of rotatable bonds is 5. The van der Waals surface area contributed by atoms with Gasteiger partial charge in [-0.15, -0.1) is 4.89 Å². The van der Waals surface area contributed by atoms with Crippen molar-refractivity contribution in [2.75, 3.05) is 0 Å². The van der Waals surface area contributed by atoms with Crippen LogP contribution in [-0.4, -0.2) is 38.1 Å². The molecule has 0 aromatic heterocycles. The van der Waals surface area contributed by atoms with Crippen molar-refractivity contribution < 1.29 is 70.3 Å². The van der Waals surface area contributed by atoms with E-state index in [1.165, 1.54) is 0 Å². The molecule has 0 fully saturated rings. The lowest BCUT2D eigenvalue weighted by atomic mass is 10.1. The van der Waals surface area contributed by atoms with Crippen molar-refractivity contribution in [1.29, 1.82) is 0 Å². The average molecular weight is 384 g/mol. The molecule has 0 radical (unpaired) electrons. The van der Waals surface area contributed by atoms with E-state index in [9.17, 15) is 61.1 Å². The minimum absolute atomic E-state index is 1.70. The second-order valence-electron chi connectivity index (χ2n) is 3.21. The summed E-state index contributed by atoms with van der Waals surface area (Å²) in [7, 11) is -7.13. The van der Waals surface area contributed by atoms with E-state index in [-0.39, 0.29) is 0 Å². The Morgan fingerprint density at radius 2 is 1.00 bits per heavy atom. The molecule has 0 saturated carbocycles. The van der Waals surface area contributed by atoms with E-state index >= 15 is 0 Å². The summed E-state index contributed by atoms with van der Waals surface area (Å²) in [6.07, 6.45) is -14.4. The monoisotopic (exact) mass is 384 g/mol. The minimum atomic E-state index is -7.50. The van der Waals surface area contributed by atoms with Gasteiger partial charge in [0, 0.05) is 0 Å². The third kappa shape index (κ3) is 3.50. The molecule has 0 aliphatic carbocycles. The van der Waals surface area contributed by atoms with Gasteiger partial charge in [-0.2, -0.15) is 61.1 Å². The van der Waals surface area contributed by atoms with Crippen LogP contribution < -0.4 is 0 Å². The summed E-state index contributed by atoms with van der Waals surface area (Å²) in [5.41, 5.74) is -6.51. The highest BCUT2D eigenvalue weighted by molar-refractivity contribution is 7.87. The molecule has 0 aromatic carbocycles. The van der Waals surface area contributed by atoms with Crippen molar-refractivity contribution in [1.82, 2.24) is 0 Å². The Bertz CT molecular complexity index is 501. The van der Waals surface area contributed by atoms with E-state index in [0.29, 0.717) is 0 Å². The molecule has 0 rings (SSSR count). The Morgan fingerprint density at radius 3 is 1.27 bits per heavy atom. The maximum atomic E-state index is 12.4. The van der Waals surface area contributed by atoms with E-state index < -0.39 is 39.8 Å². The first-order valence-corrected chi connectivity index (χ1v) is 5.50. The third-order valence-corrected chi connectivity index (χ3v) is 2.44. The van der Waals surface area contributed by atoms with Gasteiger partial charge in [-0.25, -0.2) is 0 Å². The van der Waals surface area contributed by atoms with Crippen molar-refractivity contribution in [3.63, 3.8) is 0 Å². The molecule has 22 heavy (non-hydrogen) atoms. The van der Waals surface area contributed by atoms with Gasteiger partial charge in [0.1, 0.15) is 0 Å². The zero-order valence-corrected chi connectivity index (χ0v) is 9.89. The summed E-state index contributed by atoms with van der Waals surface area (Å²) >= 11 is 0. The largest absolute Gasteiger partial charge is 0.525 e. The Balaban J connectivity index is 5.50. The Hall–Kier alpha value is -0.970. The first-order chi connectivity index (χ1) is 9.21. The van der Waals surface area contributed by atoms with Crippen molar-refractivity contribution in [2.45, 2.75) is 29.6 Å². The molecule has 0 aliphatic heterocycles. The normalized spacial score (nSPS) is 16.0. The maximum absolute atomic E-state index is 12.4. The summed E-state index contributed by atoms with van der Waals surface area (Å²) in [5.74, 6) is -15.0.